The van der Waals surface area contributed by atoms with Gasteiger partial charge in [0.25, 0.3) is 11.8 Å². The van der Waals surface area contributed by atoms with Gasteiger partial charge >= 0.3 is 0 Å². The first kappa shape index (κ1) is 29.0. The zero-order valence-corrected chi connectivity index (χ0v) is 21.3. The van der Waals surface area contributed by atoms with Crippen molar-refractivity contribution in [1.82, 2.24) is 21.5 Å². The average molecular weight is 498 g/mol. The van der Waals surface area contributed by atoms with E-state index in [-0.39, 0.29) is 24.3 Å². The van der Waals surface area contributed by atoms with Crippen LogP contribution < -0.4 is 27.2 Å². The van der Waals surface area contributed by atoms with Crippen LogP contribution in [0.2, 0.25) is 0 Å². The zero-order valence-electron chi connectivity index (χ0n) is 21.3. The minimum absolute atomic E-state index is 0.135. The van der Waals surface area contributed by atoms with Gasteiger partial charge in [-0.2, -0.15) is 0 Å². The maximum atomic E-state index is 12.9. The van der Waals surface area contributed by atoms with Gasteiger partial charge < -0.3 is 21.5 Å². The molecule has 0 bridgehead atoms. The van der Waals surface area contributed by atoms with Crippen molar-refractivity contribution in [1.29, 1.82) is 0 Å². The van der Waals surface area contributed by atoms with E-state index >= 15 is 0 Å². The number of hydrogen-bond donors (Lipinski definition) is 6. The van der Waals surface area contributed by atoms with E-state index in [9.17, 15) is 19.5 Å². The number of hydrazine groups is 1. The predicted molar refractivity (Wildman–Crippen MR) is 140 cm³/mol. The highest BCUT2D eigenvalue weighted by Gasteiger charge is 2.28. The monoisotopic (exact) mass is 497 g/mol. The van der Waals surface area contributed by atoms with Crippen LogP contribution in [0.4, 0.5) is 0 Å². The molecule has 36 heavy (non-hydrogen) atoms. The third-order valence-electron chi connectivity index (χ3n) is 5.59. The van der Waals surface area contributed by atoms with Crippen molar-refractivity contribution < 1.29 is 19.5 Å². The van der Waals surface area contributed by atoms with E-state index in [0.717, 1.165) is 17.5 Å². The molecule has 3 atom stereocenters. The fourth-order valence-electron chi connectivity index (χ4n) is 3.58. The number of rotatable bonds is 14. The molecule has 0 aliphatic rings. The molecule has 0 radical (unpaired) electrons. The van der Waals surface area contributed by atoms with Crippen molar-refractivity contribution in [2.75, 3.05) is 6.54 Å². The first-order valence-corrected chi connectivity index (χ1v) is 12.4. The molecule has 0 saturated carbocycles. The Morgan fingerprint density at radius 3 is 2.22 bits per heavy atom. The lowest BCUT2D eigenvalue weighted by atomic mass is 9.99. The Hall–Kier alpha value is -3.27. The van der Waals surface area contributed by atoms with E-state index in [1.54, 1.807) is 24.3 Å². The Kier molecular flexibility index (Phi) is 12.0. The van der Waals surface area contributed by atoms with Gasteiger partial charge in [-0.05, 0) is 48.4 Å². The molecule has 0 aliphatic heterocycles. The second-order valence-corrected chi connectivity index (χ2v) is 9.28. The fraction of sp³-hybridized carbons (Fsp3) is 0.444. The van der Waals surface area contributed by atoms with Gasteiger partial charge in [-0.15, -0.1) is 0 Å². The molecule has 2 aromatic carbocycles. The highest BCUT2D eigenvalue weighted by atomic mass is 16.3. The maximum absolute atomic E-state index is 12.9. The normalized spacial score (nSPS) is 13.5. The van der Waals surface area contributed by atoms with Gasteiger partial charge in [0.15, 0.2) is 0 Å². The molecule has 0 spiro atoms. The second kappa shape index (κ2) is 15.0. The number of nitrogens with two attached hydrogens (primary N) is 1. The lowest BCUT2D eigenvalue weighted by Crippen LogP contribution is -2.54. The lowest BCUT2D eigenvalue weighted by molar-refractivity contribution is -0.135. The molecule has 0 fully saturated rings. The van der Waals surface area contributed by atoms with Crippen LogP contribution in [0.1, 0.15) is 55.1 Å². The summed E-state index contributed by atoms with van der Waals surface area (Å²) in [6, 6.07) is 14.6. The molecule has 9 nitrogen and oxygen atoms in total. The van der Waals surface area contributed by atoms with E-state index in [1.807, 2.05) is 51.1 Å². The standard InChI is InChI=1S/C27H39N5O4/c1-4-14-30-32-25(34)21-12-10-20(11-13-21)17-29-26(35)23(15-18(2)3)31-27(36)24(33)22(28)16-19-8-6-5-7-9-19/h5-13,18,22-24,30,33H,4,14-17,28H2,1-3H3,(H,29,35)(H,31,36)(H,32,34)/t22-,23+,24+/m1/s1. The molecule has 9 heteroatoms. The molecule has 0 saturated heterocycles. The lowest BCUT2D eigenvalue weighted by Gasteiger charge is -2.24. The van der Waals surface area contributed by atoms with E-state index < -0.39 is 24.1 Å². The van der Waals surface area contributed by atoms with Crippen LogP contribution in [-0.2, 0) is 22.6 Å². The molecule has 2 aromatic rings. The van der Waals surface area contributed by atoms with Crippen molar-refractivity contribution in [2.24, 2.45) is 11.7 Å². The third kappa shape index (κ3) is 9.77. The van der Waals surface area contributed by atoms with Gasteiger partial charge in [-0.3, -0.25) is 19.8 Å². The molecule has 196 valence electrons. The maximum Gasteiger partial charge on any atom is 0.265 e. The predicted octanol–water partition coefficient (Wildman–Crippen LogP) is 1.41. The van der Waals surface area contributed by atoms with Crippen molar-refractivity contribution in [3.8, 4) is 0 Å². The number of carbonyl (C=O) groups is 3. The molecule has 0 heterocycles. The summed E-state index contributed by atoms with van der Waals surface area (Å²) >= 11 is 0. The average Bonchev–Trinajstić information content (AvgIpc) is 2.87. The van der Waals surface area contributed by atoms with Crippen LogP contribution >= 0.6 is 0 Å². The summed E-state index contributed by atoms with van der Waals surface area (Å²) in [5.41, 5.74) is 13.7. The number of amides is 3. The van der Waals surface area contributed by atoms with Crippen LogP contribution in [0.3, 0.4) is 0 Å². The highest BCUT2D eigenvalue weighted by molar-refractivity contribution is 5.94. The molecule has 0 aliphatic carbocycles. The van der Waals surface area contributed by atoms with Crippen molar-refractivity contribution in [3.63, 3.8) is 0 Å². The Balaban J connectivity index is 1.92. The Morgan fingerprint density at radius 1 is 0.944 bits per heavy atom. The summed E-state index contributed by atoms with van der Waals surface area (Å²) in [5.74, 6) is -1.13. The van der Waals surface area contributed by atoms with Crippen LogP contribution in [0.25, 0.3) is 0 Å². The Morgan fingerprint density at radius 2 is 1.61 bits per heavy atom. The van der Waals surface area contributed by atoms with Crippen molar-refractivity contribution >= 4 is 17.7 Å². The summed E-state index contributed by atoms with van der Waals surface area (Å²) in [6.07, 6.45) is 0.191. The second-order valence-electron chi connectivity index (χ2n) is 9.28. The number of hydrogen-bond acceptors (Lipinski definition) is 6. The molecular formula is C27H39N5O4. The molecule has 7 N–H and O–H groups in total. The summed E-state index contributed by atoms with van der Waals surface area (Å²) in [7, 11) is 0. The zero-order chi connectivity index (χ0) is 26.5. The quantitative estimate of drug-likeness (QED) is 0.172. The van der Waals surface area contributed by atoms with Gasteiger partial charge in [-0.25, -0.2) is 5.43 Å². The Bertz CT molecular complexity index is 966. The summed E-state index contributed by atoms with van der Waals surface area (Å²) in [6.45, 7) is 6.81. The smallest absolute Gasteiger partial charge is 0.265 e. The van der Waals surface area contributed by atoms with E-state index in [1.165, 1.54) is 0 Å². The van der Waals surface area contributed by atoms with E-state index in [4.69, 9.17) is 5.73 Å². The number of aliphatic hydroxyl groups is 1. The van der Waals surface area contributed by atoms with Crippen LogP contribution in [0, 0.1) is 5.92 Å². The van der Waals surface area contributed by atoms with E-state index in [2.05, 4.69) is 21.5 Å². The minimum atomic E-state index is -1.45. The van der Waals surface area contributed by atoms with Gasteiger partial charge in [0, 0.05) is 24.7 Å². The minimum Gasteiger partial charge on any atom is -0.382 e. The summed E-state index contributed by atoms with van der Waals surface area (Å²) in [4.78, 5) is 37.6. The summed E-state index contributed by atoms with van der Waals surface area (Å²) < 4.78 is 0. The van der Waals surface area contributed by atoms with Crippen LogP contribution in [0.15, 0.2) is 54.6 Å². The first-order valence-electron chi connectivity index (χ1n) is 12.4. The first-order chi connectivity index (χ1) is 17.2. The molecular weight excluding hydrogens is 458 g/mol. The number of benzene rings is 2. The molecule has 3 amide bonds. The van der Waals surface area contributed by atoms with Gasteiger partial charge in [-0.1, -0.05) is 63.2 Å². The van der Waals surface area contributed by atoms with Crippen molar-refractivity contribution in [3.05, 3.63) is 71.3 Å². The van der Waals surface area contributed by atoms with Gasteiger partial charge in [0.05, 0.1) is 0 Å². The van der Waals surface area contributed by atoms with Crippen LogP contribution in [-0.4, -0.2) is 47.6 Å². The topological polar surface area (TPSA) is 146 Å². The SMILES string of the molecule is CCCNNC(=O)c1ccc(CNC(=O)[C@H](CC(C)C)NC(=O)[C@@H](O)[C@H](N)Cc2ccccc2)cc1. The van der Waals surface area contributed by atoms with Gasteiger partial charge in [0.2, 0.25) is 5.91 Å². The number of aliphatic hydroxyl groups excluding tert-OH is 1. The highest BCUT2D eigenvalue weighted by Crippen LogP contribution is 2.09. The van der Waals surface area contributed by atoms with Gasteiger partial charge in [0.1, 0.15) is 12.1 Å². The summed E-state index contributed by atoms with van der Waals surface area (Å²) in [5, 5.41) is 15.9. The number of nitrogens with one attached hydrogen (secondary N) is 4. The fourth-order valence-corrected chi connectivity index (χ4v) is 3.58. The molecule has 0 unspecified atom stereocenters. The van der Waals surface area contributed by atoms with Crippen molar-refractivity contribution in [2.45, 2.75) is 64.8 Å². The molecule has 0 aromatic heterocycles. The molecule has 2 rings (SSSR count). The van der Waals surface area contributed by atoms with Crippen LogP contribution in [0.5, 0.6) is 0 Å². The number of carbonyl (C=O) groups excluding carboxylic acids is 3. The largest absolute Gasteiger partial charge is 0.382 e. The third-order valence-corrected chi connectivity index (χ3v) is 5.59. The Labute approximate surface area is 213 Å². The van der Waals surface area contributed by atoms with E-state index in [0.29, 0.717) is 24.9 Å².